The number of rotatable bonds is 3. The fourth-order valence-electron chi connectivity index (χ4n) is 2.79. The molecular formula is C15H23N. The van der Waals surface area contributed by atoms with Crippen molar-refractivity contribution in [1.82, 2.24) is 4.90 Å². The summed E-state index contributed by atoms with van der Waals surface area (Å²) in [4.78, 5) is 2.67. The first-order valence-corrected chi connectivity index (χ1v) is 6.55. The molecule has 1 aromatic rings. The highest BCUT2D eigenvalue weighted by molar-refractivity contribution is 5.14. The van der Waals surface area contributed by atoms with E-state index in [-0.39, 0.29) is 0 Å². The Balaban J connectivity index is 2.01. The van der Waals surface area contributed by atoms with Crippen LogP contribution >= 0.6 is 0 Å². The third kappa shape index (κ3) is 2.85. The van der Waals surface area contributed by atoms with E-state index in [1.807, 2.05) is 0 Å². The maximum atomic E-state index is 2.67. The maximum absolute atomic E-state index is 2.67. The molecule has 0 N–H and O–H groups in total. The summed E-state index contributed by atoms with van der Waals surface area (Å²) in [6, 6.07) is 11.7. The van der Waals surface area contributed by atoms with Crippen molar-refractivity contribution in [3.05, 3.63) is 35.9 Å². The van der Waals surface area contributed by atoms with Crippen molar-refractivity contribution in [1.29, 1.82) is 0 Å². The predicted molar refractivity (Wildman–Crippen MR) is 69.3 cm³/mol. The molecule has 1 unspecified atom stereocenters. The fourth-order valence-corrected chi connectivity index (χ4v) is 2.79. The second-order valence-corrected chi connectivity index (χ2v) is 5.26. The van der Waals surface area contributed by atoms with Crippen LogP contribution in [0.4, 0.5) is 0 Å². The van der Waals surface area contributed by atoms with Crippen molar-refractivity contribution in [2.45, 2.75) is 45.7 Å². The predicted octanol–water partition coefficient (Wildman–Crippen LogP) is 3.70. The number of likely N-dealkylation sites (tertiary alicyclic amines) is 1. The molecule has 1 nitrogen and oxygen atoms in total. The van der Waals surface area contributed by atoms with Gasteiger partial charge in [-0.2, -0.15) is 0 Å². The highest BCUT2D eigenvalue weighted by Gasteiger charge is 2.24. The molecular weight excluding hydrogens is 194 g/mol. The van der Waals surface area contributed by atoms with Gasteiger partial charge in [-0.05, 0) is 30.9 Å². The van der Waals surface area contributed by atoms with Crippen molar-refractivity contribution in [2.24, 2.45) is 5.92 Å². The molecule has 1 saturated heterocycles. The Hall–Kier alpha value is -0.820. The van der Waals surface area contributed by atoms with Crippen molar-refractivity contribution in [2.75, 3.05) is 6.54 Å². The molecule has 0 aromatic heterocycles. The van der Waals surface area contributed by atoms with Gasteiger partial charge in [-0.25, -0.2) is 0 Å². The van der Waals surface area contributed by atoms with Crippen molar-refractivity contribution in [3.8, 4) is 0 Å². The van der Waals surface area contributed by atoms with Crippen LogP contribution in [0.1, 0.15) is 38.7 Å². The zero-order valence-electron chi connectivity index (χ0n) is 10.5. The molecule has 2 rings (SSSR count). The maximum Gasteiger partial charge on any atom is 0.0236 e. The van der Waals surface area contributed by atoms with Crippen LogP contribution in [0.3, 0.4) is 0 Å². The molecule has 1 aromatic carbocycles. The van der Waals surface area contributed by atoms with Crippen molar-refractivity contribution >= 4 is 0 Å². The third-order valence-corrected chi connectivity index (χ3v) is 3.66. The van der Waals surface area contributed by atoms with E-state index in [1.54, 1.807) is 0 Å². The normalized spacial score (nSPS) is 22.6. The summed E-state index contributed by atoms with van der Waals surface area (Å²) in [5.74, 6) is 0.781. The van der Waals surface area contributed by atoms with E-state index < -0.39 is 0 Å². The Bertz CT molecular complexity index is 304. The lowest BCUT2D eigenvalue weighted by Gasteiger charge is -2.38. The molecule has 1 aliphatic heterocycles. The van der Waals surface area contributed by atoms with E-state index in [4.69, 9.17) is 0 Å². The van der Waals surface area contributed by atoms with Gasteiger partial charge < -0.3 is 0 Å². The SMILES string of the molecule is CC(C)C1CCCCN1Cc1ccccc1. The number of benzene rings is 1. The number of piperidine rings is 1. The Morgan fingerprint density at radius 2 is 1.94 bits per heavy atom. The van der Waals surface area contributed by atoms with E-state index in [2.05, 4.69) is 49.1 Å². The minimum Gasteiger partial charge on any atom is -0.296 e. The first-order chi connectivity index (χ1) is 7.77. The quantitative estimate of drug-likeness (QED) is 0.746. The number of nitrogens with zero attached hydrogens (tertiary/aromatic N) is 1. The number of hydrogen-bond acceptors (Lipinski definition) is 1. The summed E-state index contributed by atoms with van der Waals surface area (Å²) < 4.78 is 0. The molecule has 0 saturated carbocycles. The smallest absolute Gasteiger partial charge is 0.0236 e. The van der Waals surface area contributed by atoms with E-state index in [0.717, 1.165) is 18.5 Å². The average molecular weight is 217 g/mol. The van der Waals surface area contributed by atoms with E-state index >= 15 is 0 Å². The summed E-state index contributed by atoms with van der Waals surface area (Å²) in [6.45, 7) is 7.11. The molecule has 0 spiro atoms. The van der Waals surface area contributed by atoms with Gasteiger partial charge in [0.2, 0.25) is 0 Å². The Morgan fingerprint density at radius 3 is 2.62 bits per heavy atom. The van der Waals surface area contributed by atoms with E-state index in [1.165, 1.54) is 31.4 Å². The van der Waals surface area contributed by atoms with Crippen LogP contribution in [0.5, 0.6) is 0 Å². The van der Waals surface area contributed by atoms with Gasteiger partial charge >= 0.3 is 0 Å². The van der Waals surface area contributed by atoms with Crippen molar-refractivity contribution < 1.29 is 0 Å². The summed E-state index contributed by atoms with van der Waals surface area (Å²) in [5, 5.41) is 0. The third-order valence-electron chi connectivity index (χ3n) is 3.66. The van der Waals surface area contributed by atoms with Gasteiger partial charge in [-0.1, -0.05) is 50.6 Å². The highest BCUT2D eigenvalue weighted by Crippen LogP contribution is 2.24. The van der Waals surface area contributed by atoms with Crippen LogP contribution in [0, 0.1) is 5.92 Å². The molecule has 1 aliphatic rings. The van der Waals surface area contributed by atoms with Gasteiger partial charge in [0.05, 0.1) is 0 Å². The first kappa shape index (κ1) is 11.7. The minimum absolute atomic E-state index is 0.781. The Kier molecular flexibility index (Phi) is 4.00. The van der Waals surface area contributed by atoms with Crippen LogP contribution in [0.25, 0.3) is 0 Å². The monoisotopic (exact) mass is 217 g/mol. The molecule has 88 valence electrons. The zero-order valence-corrected chi connectivity index (χ0v) is 10.5. The van der Waals surface area contributed by atoms with E-state index in [9.17, 15) is 0 Å². The summed E-state index contributed by atoms with van der Waals surface area (Å²) >= 11 is 0. The lowest BCUT2D eigenvalue weighted by atomic mass is 9.92. The standard InChI is InChI=1S/C15H23N/c1-13(2)15-10-6-7-11-16(15)12-14-8-4-3-5-9-14/h3-5,8-9,13,15H,6-7,10-12H2,1-2H3. The molecule has 0 aliphatic carbocycles. The van der Waals surface area contributed by atoms with Gasteiger partial charge in [0.25, 0.3) is 0 Å². The van der Waals surface area contributed by atoms with Crippen molar-refractivity contribution in [3.63, 3.8) is 0 Å². The zero-order chi connectivity index (χ0) is 11.4. The lowest BCUT2D eigenvalue weighted by Crippen LogP contribution is -2.42. The van der Waals surface area contributed by atoms with Crippen LogP contribution in [0.15, 0.2) is 30.3 Å². The highest BCUT2D eigenvalue weighted by atomic mass is 15.2. The average Bonchev–Trinajstić information content (AvgIpc) is 2.31. The second kappa shape index (κ2) is 5.49. The number of hydrogen-bond donors (Lipinski definition) is 0. The fraction of sp³-hybridized carbons (Fsp3) is 0.600. The second-order valence-electron chi connectivity index (χ2n) is 5.26. The molecule has 16 heavy (non-hydrogen) atoms. The van der Waals surface area contributed by atoms with E-state index in [0.29, 0.717) is 0 Å². The molecule has 1 atom stereocenters. The Labute approximate surface area is 99.5 Å². The first-order valence-electron chi connectivity index (χ1n) is 6.55. The molecule has 1 heterocycles. The van der Waals surface area contributed by atoms with Gasteiger partial charge in [0.15, 0.2) is 0 Å². The van der Waals surface area contributed by atoms with Gasteiger partial charge in [0.1, 0.15) is 0 Å². The molecule has 1 heteroatoms. The van der Waals surface area contributed by atoms with Crippen LogP contribution in [-0.2, 0) is 6.54 Å². The topological polar surface area (TPSA) is 3.24 Å². The van der Waals surface area contributed by atoms with Crippen LogP contribution in [-0.4, -0.2) is 17.5 Å². The largest absolute Gasteiger partial charge is 0.296 e. The molecule has 0 bridgehead atoms. The summed E-state index contributed by atoms with van der Waals surface area (Å²) in [5.41, 5.74) is 1.45. The van der Waals surface area contributed by atoms with Gasteiger partial charge in [-0.3, -0.25) is 4.90 Å². The molecule has 0 amide bonds. The minimum atomic E-state index is 0.781. The summed E-state index contributed by atoms with van der Waals surface area (Å²) in [7, 11) is 0. The van der Waals surface area contributed by atoms with Crippen LogP contribution in [0.2, 0.25) is 0 Å². The molecule has 0 radical (unpaired) electrons. The van der Waals surface area contributed by atoms with Gasteiger partial charge in [-0.15, -0.1) is 0 Å². The molecule has 1 fully saturated rings. The van der Waals surface area contributed by atoms with Crippen LogP contribution < -0.4 is 0 Å². The van der Waals surface area contributed by atoms with Gasteiger partial charge in [0, 0.05) is 12.6 Å². The lowest BCUT2D eigenvalue weighted by molar-refractivity contribution is 0.104. The Morgan fingerprint density at radius 1 is 1.19 bits per heavy atom. The summed E-state index contributed by atoms with van der Waals surface area (Å²) in [6.07, 6.45) is 4.16.